The first-order valence-electron chi connectivity index (χ1n) is 7.60. The van der Waals surface area contributed by atoms with E-state index in [1.807, 2.05) is 0 Å². The predicted molar refractivity (Wildman–Crippen MR) is 87.5 cm³/mol. The van der Waals surface area contributed by atoms with Crippen molar-refractivity contribution < 1.29 is 27.4 Å². The molecule has 0 aliphatic heterocycles. The standard InChI is InChI=1S/C16H12F4N6O2/c1-15(27,16(18,19)20)13-10(28-2)4-11-23-6-9(26(11)25-13)12-8(17)3-7(5-21)14(22)24-12/h3-4,6,27H,1-2H3,(H2,22,24). The lowest BCUT2D eigenvalue weighted by Crippen LogP contribution is -2.40. The third-order valence-electron chi connectivity index (χ3n) is 4.06. The Morgan fingerprint density at radius 3 is 2.57 bits per heavy atom. The van der Waals surface area contributed by atoms with E-state index < -0.39 is 23.3 Å². The summed E-state index contributed by atoms with van der Waals surface area (Å²) in [5, 5.41) is 22.7. The van der Waals surface area contributed by atoms with Crippen LogP contribution in [0.5, 0.6) is 5.75 Å². The Kier molecular flexibility index (Phi) is 4.35. The van der Waals surface area contributed by atoms with Gasteiger partial charge < -0.3 is 15.6 Å². The van der Waals surface area contributed by atoms with E-state index in [9.17, 15) is 22.7 Å². The minimum Gasteiger partial charge on any atom is -0.495 e. The molecule has 0 amide bonds. The van der Waals surface area contributed by atoms with E-state index in [1.54, 1.807) is 6.07 Å². The second kappa shape index (κ2) is 6.31. The Labute approximate surface area is 154 Å². The number of fused-ring (bicyclic) bond motifs is 1. The zero-order valence-corrected chi connectivity index (χ0v) is 14.4. The fourth-order valence-electron chi connectivity index (χ4n) is 2.46. The van der Waals surface area contributed by atoms with Crippen molar-refractivity contribution in [3.05, 3.63) is 35.4 Å². The lowest BCUT2D eigenvalue weighted by atomic mass is 10.0. The molecule has 1 unspecified atom stereocenters. The number of alkyl halides is 3. The number of ether oxygens (including phenoxy) is 1. The van der Waals surface area contributed by atoms with E-state index in [0.717, 1.165) is 30.0 Å². The monoisotopic (exact) mass is 396 g/mol. The quantitative estimate of drug-likeness (QED) is 0.651. The summed E-state index contributed by atoms with van der Waals surface area (Å²) in [6, 6.07) is 3.62. The molecule has 0 bridgehead atoms. The number of aromatic nitrogens is 4. The van der Waals surface area contributed by atoms with E-state index in [4.69, 9.17) is 15.7 Å². The number of halogens is 4. The average Bonchev–Trinajstić information content (AvgIpc) is 3.03. The van der Waals surface area contributed by atoms with Gasteiger partial charge in [-0.05, 0) is 13.0 Å². The molecule has 1 atom stereocenters. The van der Waals surface area contributed by atoms with Crippen LogP contribution in [0.25, 0.3) is 17.0 Å². The smallest absolute Gasteiger partial charge is 0.422 e. The largest absolute Gasteiger partial charge is 0.495 e. The summed E-state index contributed by atoms with van der Waals surface area (Å²) in [5.74, 6) is -1.58. The molecule has 0 radical (unpaired) electrons. The van der Waals surface area contributed by atoms with Gasteiger partial charge >= 0.3 is 6.18 Å². The molecule has 0 saturated carbocycles. The van der Waals surface area contributed by atoms with Crippen molar-refractivity contribution in [2.24, 2.45) is 0 Å². The number of pyridine rings is 1. The molecule has 0 aliphatic carbocycles. The number of hydrogen-bond acceptors (Lipinski definition) is 7. The van der Waals surface area contributed by atoms with Crippen molar-refractivity contribution in [1.82, 2.24) is 19.6 Å². The van der Waals surface area contributed by atoms with Gasteiger partial charge in [0.25, 0.3) is 0 Å². The lowest BCUT2D eigenvalue weighted by molar-refractivity contribution is -0.261. The molecule has 3 aromatic heterocycles. The van der Waals surface area contributed by atoms with Crippen LogP contribution in [-0.4, -0.2) is 38.0 Å². The summed E-state index contributed by atoms with van der Waals surface area (Å²) in [6.07, 6.45) is -3.95. The van der Waals surface area contributed by atoms with Crippen LogP contribution in [0, 0.1) is 17.1 Å². The van der Waals surface area contributed by atoms with Crippen LogP contribution in [0.3, 0.4) is 0 Å². The second-order valence-electron chi connectivity index (χ2n) is 5.91. The zero-order valence-electron chi connectivity index (χ0n) is 14.4. The summed E-state index contributed by atoms with van der Waals surface area (Å²) in [6.45, 7) is 0.513. The molecule has 3 aromatic rings. The van der Waals surface area contributed by atoms with Crippen molar-refractivity contribution in [3.63, 3.8) is 0 Å². The van der Waals surface area contributed by atoms with Gasteiger partial charge in [-0.15, -0.1) is 0 Å². The minimum absolute atomic E-state index is 0.0118. The summed E-state index contributed by atoms with van der Waals surface area (Å²) in [4.78, 5) is 7.73. The van der Waals surface area contributed by atoms with Gasteiger partial charge in [0.2, 0.25) is 5.60 Å². The highest BCUT2D eigenvalue weighted by Gasteiger charge is 2.54. The number of nitrogen functional groups attached to an aromatic ring is 1. The first-order valence-corrected chi connectivity index (χ1v) is 7.60. The molecule has 0 aliphatic rings. The zero-order chi connectivity index (χ0) is 20.9. The molecular formula is C16H12F4N6O2. The number of hydrogen-bond donors (Lipinski definition) is 2. The van der Waals surface area contributed by atoms with Crippen LogP contribution < -0.4 is 10.5 Å². The molecular weight excluding hydrogens is 384 g/mol. The van der Waals surface area contributed by atoms with Crippen molar-refractivity contribution in [3.8, 4) is 23.2 Å². The Morgan fingerprint density at radius 2 is 2.00 bits per heavy atom. The number of nitrogens with two attached hydrogens (primary N) is 1. The summed E-state index contributed by atoms with van der Waals surface area (Å²) < 4.78 is 60.0. The number of methoxy groups -OCH3 is 1. The number of aliphatic hydroxyl groups is 1. The third kappa shape index (κ3) is 2.85. The highest BCUT2D eigenvalue weighted by Crippen LogP contribution is 2.41. The lowest BCUT2D eigenvalue weighted by Gasteiger charge is -2.26. The van der Waals surface area contributed by atoms with Crippen molar-refractivity contribution in [2.75, 3.05) is 12.8 Å². The van der Waals surface area contributed by atoms with Gasteiger partial charge in [-0.1, -0.05) is 0 Å². The number of rotatable bonds is 3. The molecule has 3 N–H and O–H groups in total. The molecule has 0 spiro atoms. The second-order valence-corrected chi connectivity index (χ2v) is 5.91. The van der Waals surface area contributed by atoms with Gasteiger partial charge in [-0.25, -0.2) is 18.9 Å². The van der Waals surface area contributed by atoms with Gasteiger partial charge in [-0.2, -0.15) is 23.5 Å². The predicted octanol–water partition coefficient (Wildman–Crippen LogP) is 2.16. The molecule has 0 saturated heterocycles. The fourth-order valence-corrected chi connectivity index (χ4v) is 2.46. The number of nitrogens with zero attached hydrogens (tertiary/aromatic N) is 5. The molecule has 3 heterocycles. The van der Waals surface area contributed by atoms with Gasteiger partial charge in [-0.3, -0.25) is 0 Å². The van der Waals surface area contributed by atoms with Crippen LogP contribution in [0.15, 0.2) is 18.3 Å². The first-order chi connectivity index (χ1) is 13.0. The Morgan fingerprint density at radius 1 is 1.32 bits per heavy atom. The topological polar surface area (TPSA) is 122 Å². The van der Waals surface area contributed by atoms with Gasteiger partial charge in [0.05, 0.1) is 18.9 Å². The van der Waals surface area contributed by atoms with Crippen LogP contribution in [0.2, 0.25) is 0 Å². The van der Waals surface area contributed by atoms with Gasteiger partial charge in [0, 0.05) is 6.07 Å². The summed E-state index contributed by atoms with van der Waals surface area (Å²) in [7, 11) is 1.11. The van der Waals surface area contributed by atoms with E-state index in [2.05, 4.69) is 15.1 Å². The SMILES string of the molecule is COc1cc2ncc(-c3nc(N)c(C#N)cc3F)n2nc1C(C)(O)C(F)(F)F. The van der Waals surface area contributed by atoms with Crippen LogP contribution in [0.4, 0.5) is 23.4 Å². The molecule has 0 fully saturated rings. The maximum Gasteiger partial charge on any atom is 0.422 e. The normalized spacial score (nSPS) is 13.9. The van der Waals surface area contributed by atoms with E-state index in [0.29, 0.717) is 6.92 Å². The third-order valence-corrected chi connectivity index (χ3v) is 4.06. The maximum absolute atomic E-state index is 14.4. The maximum atomic E-state index is 14.4. The summed E-state index contributed by atoms with van der Waals surface area (Å²) >= 11 is 0. The minimum atomic E-state index is -5.07. The Balaban J connectivity index is 2.30. The molecule has 3 rings (SSSR count). The summed E-state index contributed by atoms with van der Waals surface area (Å²) in [5.41, 5.74) is 0.685. The average molecular weight is 396 g/mol. The highest BCUT2D eigenvalue weighted by molar-refractivity contribution is 5.65. The Bertz CT molecular complexity index is 1120. The highest BCUT2D eigenvalue weighted by atomic mass is 19.4. The van der Waals surface area contributed by atoms with Gasteiger partial charge in [0.15, 0.2) is 11.5 Å². The van der Waals surface area contributed by atoms with Crippen molar-refractivity contribution in [2.45, 2.75) is 18.7 Å². The molecule has 28 heavy (non-hydrogen) atoms. The van der Waals surface area contributed by atoms with Crippen molar-refractivity contribution >= 4 is 11.5 Å². The molecule has 146 valence electrons. The fraction of sp³-hybridized carbons (Fsp3) is 0.250. The number of anilines is 1. The number of imidazole rings is 1. The van der Waals surface area contributed by atoms with Crippen LogP contribution >= 0.6 is 0 Å². The van der Waals surface area contributed by atoms with Crippen LogP contribution in [-0.2, 0) is 5.60 Å². The van der Waals surface area contributed by atoms with E-state index >= 15 is 0 Å². The van der Waals surface area contributed by atoms with Crippen molar-refractivity contribution in [1.29, 1.82) is 5.26 Å². The van der Waals surface area contributed by atoms with E-state index in [-0.39, 0.29) is 34.2 Å². The van der Waals surface area contributed by atoms with Gasteiger partial charge in [0.1, 0.15) is 34.7 Å². The van der Waals surface area contributed by atoms with Crippen LogP contribution in [0.1, 0.15) is 18.2 Å². The Hall–Kier alpha value is -3.46. The molecule has 0 aromatic carbocycles. The molecule has 12 heteroatoms. The number of nitriles is 1. The molecule has 8 nitrogen and oxygen atoms in total. The first kappa shape index (κ1) is 19.3. The van der Waals surface area contributed by atoms with E-state index in [1.165, 1.54) is 0 Å².